The molecule has 130 valence electrons. The molecule has 0 radical (unpaired) electrons. The topological polar surface area (TPSA) is 42.1 Å². The molecule has 4 rings (SSSR count). The van der Waals surface area contributed by atoms with Gasteiger partial charge < -0.3 is 10.6 Å². The van der Waals surface area contributed by atoms with Gasteiger partial charge in [-0.25, -0.2) is 0 Å². The Bertz CT molecular complexity index is 958. The van der Waals surface area contributed by atoms with Crippen LogP contribution in [0.4, 0.5) is 0 Å². The molecule has 1 unspecified atom stereocenters. The van der Waals surface area contributed by atoms with Gasteiger partial charge in [0.1, 0.15) is 11.3 Å². The molecule has 3 aromatic rings. The SMILES string of the molecule is NC1c2c(cccc2-c2ccccc2)C(I)=C(Cl)N1Cc1ccccn1. The van der Waals surface area contributed by atoms with Gasteiger partial charge in [-0.3, -0.25) is 4.98 Å². The Hall–Kier alpha value is -1.89. The summed E-state index contributed by atoms with van der Waals surface area (Å²) in [4.78, 5) is 6.44. The van der Waals surface area contributed by atoms with Gasteiger partial charge in [0.25, 0.3) is 0 Å². The summed E-state index contributed by atoms with van der Waals surface area (Å²) in [6.07, 6.45) is 1.45. The molecule has 2 N–H and O–H groups in total. The number of halogens is 2. The molecule has 0 amide bonds. The Morgan fingerprint density at radius 1 is 0.962 bits per heavy atom. The van der Waals surface area contributed by atoms with E-state index in [1.165, 1.54) is 0 Å². The summed E-state index contributed by atoms with van der Waals surface area (Å²) in [5.74, 6) is 0. The van der Waals surface area contributed by atoms with Crippen molar-refractivity contribution in [2.45, 2.75) is 12.7 Å². The number of rotatable bonds is 3. The summed E-state index contributed by atoms with van der Waals surface area (Å²) in [6.45, 7) is 0.565. The van der Waals surface area contributed by atoms with E-state index in [-0.39, 0.29) is 6.17 Å². The standard InChI is InChI=1S/C21H17ClIN3/c22-20-19(23)17-11-6-10-16(14-7-2-1-3-8-14)18(17)21(24)26(20)13-15-9-4-5-12-25-15/h1-12,21H,13,24H2. The lowest BCUT2D eigenvalue weighted by molar-refractivity contribution is 0.263. The van der Waals surface area contributed by atoms with Crippen molar-refractivity contribution in [3.05, 3.63) is 94.9 Å². The van der Waals surface area contributed by atoms with Crippen LogP contribution in [0.15, 0.2) is 78.1 Å². The second kappa shape index (κ2) is 7.39. The van der Waals surface area contributed by atoms with Crippen LogP contribution in [-0.4, -0.2) is 9.88 Å². The van der Waals surface area contributed by atoms with Crippen LogP contribution in [0.3, 0.4) is 0 Å². The summed E-state index contributed by atoms with van der Waals surface area (Å²) >= 11 is 9.00. The zero-order valence-electron chi connectivity index (χ0n) is 13.9. The Balaban J connectivity index is 1.83. The molecule has 1 aliphatic heterocycles. The first-order valence-corrected chi connectivity index (χ1v) is 9.78. The van der Waals surface area contributed by atoms with Crippen molar-refractivity contribution in [3.8, 4) is 11.1 Å². The van der Waals surface area contributed by atoms with E-state index in [4.69, 9.17) is 17.3 Å². The number of hydrogen-bond donors (Lipinski definition) is 1. The van der Waals surface area contributed by atoms with Gasteiger partial charge in [0.05, 0.1) is 15.8 Å². The van der Waals surface area contributed by atoms with E-state index in [1.54, 1.807) is 6.20 Å². The smallest absolute Gasteiger partial charge is 0.120 e. The molecule has 26 heavy (non-hydrogen) atoms. The van der Waals surface area contributed by atoms with Crippen molar-refractivity contribution in [3.63, 3.8) is 0 Å². The molecular weight excluding hydrogens is 457 g/mol. The van der Waals surface area contributed by atoms with Gasteiger partial charge in [0, 0.05) is 11.8 Å². The number of benzene rings is 2. The van der Waals surface area contributed by atoms with Gasteiger partial charge in [0.15, 0.2) is 0 Å². The van der Waals surface area contributed by atoms with Gasteiger partial charge in [-0.2, -0.15) is 0 Å². The predicted molar refractivity (Wildman–Crippen MR) is 115 cm³/mol. The fraction of sp³-hybridized carbons (Fsp3) is 0.0952. The summed E-state index contributed by atoms with van der Waals surface area (Å²) in [5, 5.41) is 0.668. The Labute approximate surface area is 171 Å². The minimum absolute atomic E-state index is 0.338. The zero-order chi connectivity index (χ0) is 18.1. The third-order valence-corrected chi connectivity index (χ3v) is 6.37. The average molecular weight is 474 g/mol. The molecule has 0 fully saturated rings. The van der Waals surface area contributed by atoms with Crippen molar-refractivity contribution in [2.24, 2.45) is 5.73 Å². The molecular formula is C21H17ClIN3. The zero-order valence-corrected chi connectivity index (χ0v) is 16.9. The molecule has 3 nitrogen and oxygen atoms in total. The normalized spacial score (nSPS) is 16.6. The molecule has 1 aromatic heterocycles. The van der Waals surface area contributed by atoms with Gasteiger partial charge in [-0.05, 0) is 51.4 Å². The van der Waals surface area contributed by atoms with Crippen molar-refractivity contribution in [1.82, 2.24) is 9.88 Å². The van der Waals surface area contributed by atoms with Gasteiger partial charge in [-0.1, -0.05) is 66.2 Å². The summed E-state index contributed by atoms with van der Waals surface area (Å²) in [7, 11) is 0. The maximum absolute atomic E-state index is 6.71. The van der Waals surface area contributed by atoms with Crippen LogP contribution in [0, 0.1) is 0 Å². The highest BCUT2D eigenvalue weighted by Gasteiger charge is 2.31. The highest BCUT2D eigenvalue weighted by Crippen LogP contribution is 2.45. The van der Waals surface area contributed by atoms with Crippen molar-refractivity contribution < 1.29 is 0 Å². The fourth-order valence-corrected chi connectivity index (χ4v) is 4.34. The highest BCUT2D eigenvalue weighted by atomic mass is 127. The molecule has 0 saturated carbocycles. The van der Waals surface area contributed by atoms with Crippen LogP contribution in [0.5, 0.6) is 0 Å². The molecule has 1 atom stereocenters. The first kappa shape index (κ1) is 17.5. The van der Waals surface area contributed by atoms with Crippen LogP contribution < -0.4 is 5.73 Å². The second-order valence-corrected chi connectivity index (χ2v) is 7.57. The number of nitrogens with zero attached hydrogens (tertiary/aromatic N) is 2. The van der Waals surface area contributed by atoms with E-state index in [0.717, 1.165) is 31.5 Å². The molecule has 0 aliphatic carbocycles. The molecule has 0 spiro atoms. The number of pyridine rings is 1. The minimum atomic E-state index is -0.338. The summed E-state index contributed by atoms with van der Waals surface area (Å²) in [5.41, 5.74) is 12.1. The van der Waals surface area contributed by atoms with Crippen LogP contribution in [0.1, 0.15) is 23.0 Å². The Morgan fingerprint density at radius 3 is 2.42 bits per heavy atom. The number of aromatic nitrogens is 1. The van der Waals surface area contributed by atoms with Crippen LogP contribution in [-0.2, 0) is 6.54 Å². The van der Waals surface area contributed by atoms with Crippen LogP contribution in [0.2, 0.25) is 0 Å². The first-order valence-electron chi connectivity index (χ1n) is 8.33. The molecule has 2 heterocycles. The van der Waals surface area contributed by atoms with Crippen LogP contribution in [0.25, 0.3) is 14.7 Å². The number of fused-ring (bicyclic) bond motifs is 1. The fourth-order valence-electron chi connectivity index (χ4n) is 3.29. The second-order valence-electron chi connectivity index (χ2n) is 6.13. The lowest BCUT2D eigenvalue weighted by Gasteiger charge is -2.37. The third-order valence-electron chi connectivity index (χ3n) is 4.55. The van der Waals surface area contributed by atoms with Gasteiger partial charge in [0.2, 0.25) is 0 Å². The van der Waals surface area contributed by atoms with E-state index < -0.39 is 0 Å². The minimum Gasteiger partial charge on any atom is -0.336 e. The molecule has 1 aliphatic rings. The molecule has 2 aromatic carbocycles. The van der Waals surface area contributed by atoms with Crippen molar-refractivity contribution in [1.29, 1.82) is 0 Å². The van der Waals surface area contributed by atoms with E-state index in [9.17, 15) is 0 Å². The molecule has 5 heteroatoms. The number of hydrogen-bond acceptors (Lipinski definition) is 3. The average Bonchev–Trinajstić information content (AvgIpc) is 2.70. The van der Waals surface area contributed by atoms with Crippen molar-refractivity contribution in [2.75, 3.05) is 0 Å². The van der Waals surface area contributed by atoms with Gasteiger partial charge >= 0.3 is 0 Å². The van der Waals surface area contributed by atoms with Crippen molar-refractivity contribution >= 4 is 37.8 Å². The molecule has 0 saturated heterocycles. The first-order chi connectivity index (χ1) is 12.7. The maximum Gasteiger partial charge on any atom is 0.120 e. The molecule has 0 bridgehead atoms. The van der Waals surface area contributed by atoms with E-state index in [1.807, 2.05) is 41.3 Å². The largest absolute Gasteiger partial charge is 0.336 e. The Kier molecular flexibility index (Phi) is 4.98. The van der Waals surface area contributed by atoms with E-state index in [0.29, 0.717) is 11.7 Å². The van der Waals surface area contributed by atoms with Gasteiger partial charge in [-0.15, -0.1) is 0 Å². The Morgan fingerprint density at radius 2 is 1.69 bits per heavy atom. The monoisotopic (exact) mass is 473 g/mol. The number of nitrogens with two attached hydrogens (primary N) is 1. The lowest BCUT2D eigenvalue weighted by Crippen LogP contribution is -2.36. The summed E-state index contributed by atoms with van der Waals surface area (Å²) < 4.78 is 1.01. The lowest BCUT2D eigenvalue weighted by atomic mass is 9.91. The summed E-state index contributed by atoms with van der Waals surface area (Å²) in [6, 6.07) is 22.5. The maximum atomic E-state index is 6.71. The van der Waals surface area contributed by atoms with E-state index >= 15 is 0 Å². The predicted octanol–water partition coefficient (Wildman–Crippen LogP) is 5.52. The highest BCUT2D eigenvalue weighted by molar-refractivity contribution is 14.1. The quantitative estimate of drug-likeness (QED) is 0.402. The third kappa shape index (κ3) is 3.13. The van der Waals surface area contributed by atoms with E-state index in [2.05, 4.69) is 57.9 Å². The van der Waals surface area contributed by atoms with Crippen LogP contribution >= 0.6 is 34.2 Å².